The van der Waals surface area contributed by atoms with Gasteiger partial charge in [-0.25, -0.2) is 17.9 Å². The third kappa shape index (κ3) is 3.54. The van der Waals surface area contributed by atoms with Crippen molar-refractivity contribution >= 4 is 27.1 Å². The van der Waals surface area contributed by atoms with E-state index in [2.05, 4.69) is 0 Å². The topological polar surface area (TPSA) is 80.5 Å². The quantitative estimate of drug-likeness (QED) is 0.874. The molecule has 0 fully saturated rings. The van der Waals surface area contributed by atoms with Gasteiger partial charge in [0.15, 0.2) is 0 Å². The van der Waals surface area contributed by atoms with Gasteiger partial charge in [0.05, 0.1) is 10.5 Å². The van der Waals surface area contributed by atoms with E-state index in [-0.39, 0.29) is 16.6 Å². The standard InChI is InChI=1S/C19H19FN2O3S/c1-2-11-22-12-17(13-3-7-15(20)8-4-13)18(19(22)23)14-5-9-16(10-6-14)26(21,24)25/h3-10H,2,11-12H2,1H3,(H2,21,24,25). The number of carbonyl (C=O) groups excluding carboxylic acids is 1. The van der Waals surface area contributed by atoms with Crippen molar-refractivity contribution in [2.45, 2.75) is 18.2 Å². The maximum absolute atomic E-state index is 13.3. The highest BCUT2D eigenvalue weighted by Gasteiger charge is 2.31. The summed E-state index contributed by atoms with van der Waals surface area (Å²) in [6, 6.07) is 11.9. The molecule has 1 amide bonds. The molecule has 0 spiro atoms. The number of nitrogens with zero attached hydrogens (tertiary/aromatic N) is 1. The first-order chi connectivity index (χ1) is 12.3. The van der Waals surface area contributed by atoms with E-state index >= 15 is 0 Å². The van der Waals surface area contributed by atoms with Gasteiger partial charge in [0.2, 0.25) is 10.0 Å². The number of carbonyl (C=O) groups is 1. The van der Waals surface area contributed by atoms with Crippen LogP contribution in [0.3, 0.4) is 0 Å². The molecule has 0 saturated heterocycles. The van der Waals surface area contributed by atoms with E-state index in [0.29, 0.717) is 24.2 Å². The minimum absolute atomic E-state index is 0.0129. The highest BCUT2D eigenvalue weighted by Crippen LogP contribution is 2.35. The van der Waals surface area contributed by atoms with Gasteiger partial charge < -0.3 is 4.90 Å². The first-order valence-corrected chi connectivity index (χ1v) is 9.77. The summed E-state index contributed by atoms with van der Waals surface area (Å²) in [5, 5.41) is 5.13. The fourth-order valence-electron chi connectivity index (χ4n) is 3.08. The van der Waals surface area contributed by atoms with E-state index in [4.69, 9.17) is 5.14 Å². The average molecular weight is 374 g/mol. The number of benzene rings is 2. The Morgan fingerprint density at radius 2 is 1.62 bits per heavy atom. The molecule has 2 aromatic carbocycles. The number of hydrogen-bond donors (Lipinski definition) is 1. The molecule has 0 unspecified atom stereocenters. The fraction of sp³-hybridized carbons (Fsp3) is 0.211. The summed E-state index contributed by atoms with van der Waals surface area (Å²) in [6.07, 6.45) is 0.820. The van der Waals surface area contributed by atoms with E-state index in [1.165, 1.54) is 24.3 Å². The molecule has 7 heteroatoms. The molecule has 136 valence electrons. The van der Waals surface area contributed by atoms with Gasteiger partial charge in [0.1, 0.15) is 5.82 Å². The Labute approximate surface area is 152 Å². The van der Waals surface area contributed by atoms with E-state index in [0.717, 1.165) is 17.6 Å². The van der Waals surface area contributed by atoms with Crippen molar-refractivity contribution in [3.8, 4) is 0 Å². The lowest BCUT2D eigenvalue weighted by molar-refractivity contribution is -0.123. The first-order valence-electron chi connectivity index (χ1n) is 8.23. The Morgan fingerprint density at radius 1 is 1.04 bits per heavy atom. The van der Waals surface area contributed by atoms with Crippen molar-refractivity contribution in [3.05, 3.63) is 65.5 Å². The van der Waals surface area contributed by atoms with E-state index in [1.807, 2.05) is 6.92 Å². The van der Waals surface area contributed by atoms with Gasteiger partial charge in [-0.2, -0.15) is 0 Å². The van der Waals surface area contributed by atoms with E-state index < -0.39 is 10.0 Å². The second kappa shape index (κ2) is 7.01. The van der Waals surface area contributed by atoms with Gasteiger partial charge in [-0.05, 0) is 47.4 Å². The SMILES string of the molecule is CCCN1CC(c2ccc(F)cc2)=C(c2ccc(S(N)(=O)=O)cc2)C1=O. The highest BCUT2D eigenvalue weighted by molar-refractivity contribution is 7.89. The monoisotopic (exact) mass is 374 g/mol. The molecule has 5 nitrogen and oxygen atoms in total. The van der Waals surface area contributed by atoms with Gasteiger partial charge in [-0.3, -0.25) is 4.79 Å². The predicted molar refractivity (Wildman–Crippen MR) is 97.9 cm³/mol. The summed E-state index contributed by atoms with van der Waals surface area (Å²) < 4.78 is 36.1. The lowest BCUT2D eigenvalue weighted by Gasteiger charge is -2.15. The van der Waals surface area contributed by atoms with Crippen LogP contribution < -0.4 is 5.14 Å². The zero-order valence-electron chi connectivity index (χ0n) is 14.3. The third-order valence-electron chi connectivity index (χ3n) is 4.31. The molecule has 0 radical (unpaired) electrons. The predicted octanol–water partition coefficient (Wildman–Crippen LogP) is 2.64. The molecule has 1 aliphatic heterocycles. The van der Waals surface area contributed by atoms with Crippen molar-refractivity contribution in [1.82, 2.24) is 4.90 Å². The van der Waals surface area contributed by atoms with Crippen LogP contribution >= 0.6 is 0 Å². The Kier molecular flexibility index (Phi) is 4.93. The number of sulfonamides is 1. The van der Waals surface area contributed by atoms with Crippen LogP contribution in [-0.4, -0.2) is 32.3 Å². The lowest BCUT2D eigenvalue weighted by atomic mass is 9.97. The van der Waals surface area contributed by atoms with Crippen LogP contribution in [0.15, 0.2) is 53.4 Å². The molecule has 26 heavy (non-hydrogen) atoms. The van der Waals surface area contributed by atoms with Gasteiger partial charge in [0, 0.05) is 13.1 Å². The van der Waals surface area contributed by atoms with Crippen LogP contribution in [0.5, 0.6) is 0 Å². The first kappa shape index (κ1) is 18.3. The Bertz CT molecular complexity index is 965. The molecule has 1 heterocycles. The van der Waals surface area contributed by atoms with Crippen LogP contribution in [0.1, 0.15) is 24.5 Å². The number of primary sulfonamides is 1. The fourth-order valence-corrected chi connectivity index (χ4v) is 3.59. The summed E-state index contributed by atoms with van der Waals surface area (Å²) in [4.78, 5) is 14.6. The largest absolute Gasteiger partial charge is 0.334 e. The van der Waals surface area contributed by atoms with Crippen molar-refractivity contribution in [2.75, 3.05) is 13.1 Å². The zero-order chi connectivity index (χ0) is 18.9. The van der Waals surface area contributed by atoms with Crippen LogP contribution in [0.2, 0.25) is 0 Å². The number of halogens is 1. The molecule has 0 aromatic heterocycles. The minimum Gasteiger partial charge on any atom is -0.334 e. The maximum atomic E-state index is 13.3. The second-order valence-electron chi connectivity index (χ2n) is 6.16. The molecule has 3 rings (SSSR count). The molecule has 0 saturated carbocycles. The van der Waals surface area contributed by atoms with Crippen molar-refractivity contribution in [1.29, 1.82) is 0 Å². The molecule has 1 aliphatic rings. The lowest BCUT2D eigenvalue weighted by Crippen LogP contribution is -2.27. The molecule has 0 aliphatic carbocycles. The summed E-state index contributed by atoms with van der Waals surface area (Å²) in [6.45, 7) is 3.04. The minimum atomic E-state index is -3.80. The summed E-state index contributed by atoms with van der Waals surface area (Å²) in [7, 11) is -3.80. The Hall–Kier alpha value is -2.51. The number of rotatable bonds is 5. The maximum Gasteiger partial charge on any atom is 0.255 e. The summed E-state index contributed by atoms with van der Waals surface area (Å²) in [5.74, 6) is -0.460. The van der Waals surface area contributed by atoms with E-state index in [9.17, 15) is 17.6 Å². The molecular weight excluding hydrogens is 355 g/mol. The van der Waals surface area contributed by atoms with Crippen LogP contribution in [0.4, 0.5) is 4.39 Å². The summed E-state index contributed by atoms with van der Waals surface area (Å²) in [5.41, 5.74) is 2.68. The van der Waals surface area contributed by atoms with Crippen molar-refractivity contribution in [3.63, 3.8) is 0 Å². The third-order valence-corrected chi connectivity index (χ3v) is 5.24. The van der Waals surface area contributed by atoms with Crippen molar-refractivity contribution < 1.29 is 17.6 Å². The normalized spacial score (nSPS) is 15.0. The molecule has 2 N–H and O–H groups in total. The number of nitrogens with two attached hydrogens (primary N) is 1. The summed E-state index contributed by atoms with van der Waals surface area (Å²) >= 11 is 0. The highest BCUT2D eigenvalue weighted by atomic mass is 32.2. The second-order valence-corrected chi connectivity index (χ2v) is 7.72. The molecule has 0 atom stereocenters. The molecule has 0 bridgehead atoms. The zero-order valence-corrected chi connectivity index (χ0v) is 15.1. The smallest absolute Gasteiger partial charge is 0.255 e. The van der Waals surface area contributed by atoms with Crippen molar-refractivity contribution in [2.24, 2.45) is 5.14 Å². The molecular formula is C19H19FN2O3S. The number of hydrogen-bond acceptors (Lipinski definition) is 3. The van der Waals surface area contributed by atoms with Gasteiger partial charge >= 0.3 is 0 Å². The molecule has 2 aromatic rings. The van der Waals surface area contributed by atoms with Crippen LogP contribution in [0.25, 0.3) is 11.1 Å². The Balaban J connectivity index is 2.09. The number of amides is 1. The van der Waals surface area contributed by atoms with Gasteiger partial charge in [0.25, 0.3) is 5.91 Å². The average Bonchev–Trinajstić information content (AvgIpc) is 2.92. The van der Waals surface area contributed by atoms with E-state index in [1.54, 1.807) is 29.2 Å². The van der Waals surface area contributed by atoms with Gasteiger partial charge in [-0.15, -0.1) is 0 Å². The van der Waals surface area contributed by atoms with Gasteiger partial charge in [-0.1, -0.05) is 31.2 Å². The Morgan fingerprint density at radius 3 is 2.15 bits per heavy atom. The van der Waals surface area contributed by atoms with Crippen LogP contribution in [-0.2, 0) is 14.8 Å². The van der Waals surface area contributed by atoms with Crippen LogP contribution in [0, 0.1) is 5.82 Å².